The quantitative estimate of drug-likeness (QED) is 0.633. The largest absolute Gasteiger partial charge is 0.340 e. The Morgan fingerprint density at radius 3 is 2.61 bits per heavy atom. The van der Waals surface area contributed by atoms with E-state index in [1.54, 1.807) is 0 Å². The summed E-state index contributed by atoms with van der Waals surface area (Å²) in [6.07, 6.45) is 2.09. The average Bonchev–Trinajstić information content (AvgIpc) is 3.43. The summed E-state index contributed by atoms with van der Waals surface area (Å²) in [5.74, 6) is 0.802. The minimum atomic E-state index is -3.50. The third kappa shape index (κ3) is 5.31. The molecule has 9 nitrogen and oxygen atoms in total. The van der Waals surface area contributed by atoms with Crippen LogP contribution in [0.3, 0.4) is 0 Å². The SMILES string of the molecule is CN1CCN(C(=O)CCc2nc(C3CCCN3S(=O)(=O)Cc3ccccc3)no2)CC1. The van der Waals surface area contributed by atoms with E-state index in [0.29, 0.717) is 37.5 Å². The molecule has 1 amide bonds. The molecule has 0 N–H and O–H groups in total. The summed E-state index contributed by atoms with van der Waals surface area (Å²) in [5.41, 5.74) is 0.754. The maximum Gasteiger partial charge on any atom is 0.227 e. The lowest BCUT2D eigenvalue weighted by molar-refractivity contribution is -0.132. The molecule has 0 radical (unpaired) electrons. The average molecular weight is 448 g/mol. The van der Waals surface area contributed by atoms with Crippen molar-refractivity contribution >= 4 is 15.9 Å². The summed E-state index contributed by atoms with van der Waals surface area (Å²) in [6, 6.07) is 8.74. The second kappa shape index (κ2) is 9.46. The van der Waals surface area contributed by atoms with E-state index in [1.807, 2.05) is 42.3 Å². The van der Waals surface area contributed by atoms with Crippen LogP contribution in [0.25, 0.3) is 0 Å². The Hall–Kier alpha value is -2.30. The van der Waals surface area contributed by atoms with Gasteiger partial charge in [-0.15, -0.1) is 0 Å². The van der Waals surface area contributed by atoms with E-state index in [0.717, 1.165) is 38.2 Å². The van der Waals surface area contributed by atoms with Crippen LogP contribution in [0.5, 0.6) is 0 Å². The van der Waals surface area contributed by atoms with Crippen LogP contribution in [0.2, 0.25) is 0 Å². The molecule has 2 aliphatic rings. The lowest BCUT2D eigenvalue weighted by Crippen LogP contribution is -2.47. The van der Waals surface area contributed by atoms with E-state index >= 15 is 0 Å². The Morgan fingerprint density at radius 2 is 1.87 bits per heavy atom. The van der Waals surface area contributed by atoms with Crippen molar-refractivity contribution in [2.24, 2.45) is 0 Å². The van der Waals surface area contributed by atoms with Crippen LogP contribution < -0.4 is 0 Å². The van der Waals surface area contributed by atoms with Gasteiger partial charge in [0.15, 0.2) is 5.82 Å². The molecule has 1 aromatic carbocycles. The Kier molecular flexibility index (Phi) is 6.68. The number of piperazine rings is 1. The first-order valence-corrected chi connectivity index (χ1v) is 12.4. The van der Waals surface area contributed by atoms with E-state index in [4.69, 9.17) is 4.52 Å². The Bertz CT molecular complexity index is 986. The second-order valence-corrected chi connectivity index (χ2v) is 10.2. The molecule has 31 heavy (non-hydrogen) atoms. The third-order valence-corrected chi connectivity index (χ3v) is 7.79. The fourth-order valence-electron chi connectivity index (χ4n) is 4.13. The van der Waals surface area contributed by atoms with E-state index in [1.165, 1.54) is 4.31 Å². The number of hydrogen-bond acceptors (Lipinski definition) is 7. The van der Waals surface area contributed by atoms with Crippen LogP contribution in [-0.2, 0) is 27.0 Å². The number of aromatic nitrogens is 2. The van der Waals surface area contributed by atoms with Gasteiger partial charge < -0.3 is 14.3 Å². The molecule has 168 valence electrons. The van der Waals surface area contributed by atoms with Gasteiger partial charge in [-0.05, 0) is 25.5 Å². The van der Waals surface area contributed by atoms with Crippen LogP contribution in [0, 0.1) is 0 Å². The van der Waals surface area contributed by atoms with E-state index < -0.39 is 16.1 Å². The van der Waals surface area contributed by atoms with E-state index in [2.05, 4.69) is 15.0 Å². The molecular weight excluding hydrogens is 418 g/mol. The molecule has 0 spiro atoms. The number of carbonyl (C=O) groups is 1. The van der Waals surface area contributed by atoms with Gasteiger partial charge in [0.25, 0.3) is 0 Å². The van der Waals surface area contributed by atoms with Crippen molar-refractivity contribution in [1.29, 1.82) is 0 Å². The molecule has 1 unspecified atom stereocenters. The first-order chi connectivity index (χ1) is 14.9. The number of sulfonamides is 1. The van der Waals surface area contributed by atoms with Crippen molar-refractivity contribution in [2.45, 2.75) is 37.5 Å². The van der Waals surface area contributed by atoms with Crippen molar-refractivity contribution in [1.82, 2.24) is 24.2 Å². The van der Waals surface area contributed by atoms with Crippen LogP contribution in [0.15, 0.2) is 34.9 Å². The summed E-state index contributed by atoms with van der Waals surface area (Å²) >= 11 is 0. The van der Waals surface area contributed by atoms with Crippen LogP contribution in [-0.4, -0.2) is 78.3 Å². The lowest BCUT2D eigenvalue weighted by Gasteiger charge is -2.32. The molecule has 4 rings (SSSR count). The molecule has 0 bridgehead atoms. The van der Waals surface area contributed by atoms with Crippen molar-refractivity contribution in [2.75, 3.05) is 39.8 Å². The molecular formula is C21H29N5O4S. The predicted molar refractivity (Wildman–Crippen MR) is 114 cm³/mol. The summed E-state index contributed by atoms with van der Waals surface area (Å²) < 4.78 is 32.8. The normalized spacial score (nSPS) is 20.9. The smallest absolute Gasteiger partial charge is 0.227 e. The first kappa shape index (κ1) is 21.9. The highest BCUT2D eigenvalue weighted by atomic mass is 32.2. The Morgan fingerprint density at radius 1 is 1.13 bits per heavy atom. The Labute approximate surface area is 183 Å². The zero-order valence-corrected chi connectivity index (χ0v) is 18.6. The molecule has 1 atom stereocenters. The molecule has 2 fully saturated rings. The van der Waals surface area contributed by atoms with E-state index in [9.17, 15) is 13.2 Å². The van der Waals surface area contributed by atoms with Gasteiger partial charge in [0.2, 0.25) is 21.8 Å². The van der Waals surface area contributed by atoms with Crippen molar-refractivity contribution < 1.29 is 17.7 Å². The maximum atomic E-state index is 13.0. The van der Waals surface area contributed by atoms with Gasteiger partial charge in [-0.1, -0.05) is 35.5 Å². The number of nitrogens with zero attached hydrogens (tertiary/aromatic N) is 5. The summed E-state index contributed by atoms with van der Waals surface area (Å²) in [6.45, 7) is 3.68. The summed E-state index contributed by atoms with van der Waals surface area (Å²) in [4.78, 5) is 20.9. The highest BCUT2D eigenvalue weighted by Gasteiger charge is 2.38. The second-order valence-electron chi connectivity index (χ2n) is 8.24. The van der Waals surface area contributed by atoms with Gasteiger partial charge in [-0.25, -0.2) is 8.42 Å². The fourth-order valence-corrected chi connectivity index (χ4v) is 5.91. The van der Waals surface area contributed by atoms with Crippen LogP contribution in [0.4, 0.5) is 0 Å². The molecule has 1 aromatic heterocycles. The monoisotopic (exact) mass is 447 g/mol. The predicted octanol–water partition coefficient (Wildman–Crippen LogP) is 1.44. The molecule has 10 heteroatoms. The van der Waals surface area contributed by atoms with Gasteiger partial charge in [-0.3, -0.25) is 4.79 Å². The van der Waals surface area contributed by atoms with Crippen molar-refractivity contribution in [3.8, 4) is 0 Å². The van der Waals surface area contributed by atoms with Gasteiger partial charge in [-0.2, -0.15) is 9.29 Å². The highest BCUT2D eigenvalue weighted by Crippen LogP contribution is 2.33. The molecule has 3 heterocycles. The van der Waals surface area contributed by atoms with Crippen molar-refractivity contribution in [3.63, 3.8) is 0 Å². The van der Waals surface area contributed by atoms with Gasteiger partial charge in [0.1, 0.15) is 0 Å². The number of benzene rings is 1. The standard InChI is InChI=1S/C21H29N5O4S/c1-24-12-14-25(15-13-24)20(27)10-9-19-22-21(23-30-19)18-8-5-11-26(18)31(28,29)16-17-6-3-2-4-7-17/h2-4,6-7,18H,5,8-16H2,1H3. The topological polar surface area (TPSA) is 99.8 Å². The number of likely N-dealkylation sites (N-methyl/N-ethyl adjacent to an activating group) is 1. The number of aryl methyl sites for hydroxylation is 1. The molecule has 0 aliphatic carbocycles. The number of rotatable bonds is 7. The minimum absolute atomic E-state index is 0.0470. The van der Waals surface area contributed by atoms with Gasteiger partial charge in [0.05, 0.1) is 11.8 Å². The molecule has 2 aromatic rings. The minimum Gasteiger partial charge on any atom is -0.340 e. The maximum absolute atomic E-state index is 13.0. The number of carbonyl (C=O) groups excluding carboxylic acids is 1. The van der Waals surface area contributed by atoms with Crippen molar-refractivity contribution in [3.05, 3.63) is 47.6 Å². The number of amides is 1. The summed E-state index contributed by atoms with van der Waals surface area (Å²) in [7, 11) is -1.45. The zero-order chi connectivity index (χ0) is 21.8. The zero-order valence-electron chi connectivity index (χ0n) is 17.8. The Balaban J connectivity index is 1.37. The van der Waals surface area contributed by atoms with Gasteiger partial charge in [0, 0.05) is 45.6 Å². The first-order valence-electron chi connectivity index (χ1n) is 10.7. The third-order valence-electron chi connectivity index (χ3n) is 5.94. The molecule has 2 saturated heterocycles. The van der Waals surface area contributed by atoms with E-state index in [-0.39, 0.29) is 11.7 Å². The van der Waals surface area contributed by atoms with Crippen LogP contribution in [0.1, 0.15) is 42.6 Å². The van der Waals surface area contributed by atoms with Gasteiger partial charge >= 0.3 is 0 Å². The molecule has 2 aliphatic heterocycles. The summed E-state index contributed by atoms with van der Waals surface area (Å²) in [5, 5.41) is 4.05. The molecule has 0 saturated carbocycles. The van der Waals surface area contributed by atoms with Crippen LogP contribution >= 0.6 is 0 Å². The highest BCUT2D eigenvalue weighted by molar-refractivity contribution is 7.88. The fraction of sp³-hybridized carbons (Fsp3) is 0.571. The number of hydrogen-bond donors (Lipinski definition) is 0. The lowest BCUT2D eigenvalue weighted by atomic mass is 10.2.